The largest absolute Gasteiger partial charge is 0.462 e. The van der Waals surface area contributed by atoms with Crippen LogP contribution >= 0.6 is 0 Å². The zero-order valence-corrected chi connectivity index (χ0v) is 40.9. The summed E-state index contributed by atoms with van der Waals surface area (Å²) >= 11 is 0. The van der Waals surface area contributed by atoms with E-state index in [2.05, 4.69) is 111 Å². The SMILES string of the molecule is CCCCC/C=C\C/C=C\C/C=C\C/C=C\CCCCCC(=O)OC(CCCCC/C=C/C=C/C=C/C=C/CCCCC)CC(=O)NC(CO)C(O)CCCCCCCCCCC. The van der Waals surface area contributed by atoms with Crippen LogP contribution in [0.1, 0.15) is 226 Å². The van der Waals surface area contributed by atoms with Gasteiger partial charge in [-0.05, 0) is 96.3 Å². The molecule has 0 saturated carbocycles. The highest BCUT2D eigenvalue weighted by Crippen LogP contribution is 2.16. The number of nitrogens with one attached hydrogen (secondary N) is 1. The van der Waals surface area contributed by atoms with E-state index in [1.807, 2.05) is 12.2 Å². The second-order valence-electron chi connectivity index (χ2n) is 17.3. The number of allylic oxidation sites excluding steroid dienone is 16. The third-order valence-electron chi connectivity index (χ3n) is 11.2. The number of aliphatic hydroxyl groups is 2. The van der Waals surface area contributed by atoms with Crippen molar-refractivity contribution in [1.82, 2.24) is 5.32 Å². The van der Waals surface area contributed by atoms with E-state index in [9.17, 15) is 19.8 Å². The zero-order valence-electron chi connectivity index (χ0n) is 40.9. The summed E-state index contributed by atoms with van der Waals surface area (Å²) in [5.41, 5.74) is 0. The van der Waals surface area contributed by atoms with E-state index in [0.717, 1.165) is 96.3 Å². The summed E-state index contributed by atoms with van der Waals surface area (Å²) in [6.45, 7) is 6.37. The van der Waals surface area contributed by atoms with Crippen molar-refractivity contribution >= 4 is 11.9 Å². The molecule has 0 aromatic carbocycles. The molecule has 0 saturated heterocycles. The Bertz CT molecular complexity index is 1260. The second kappa shape index (κ2) is 49.8. The summed E-state index contributed by atoms with van der Waals surface area (Å²) in [5.74, 6) is -0.557. The molecule has 6 nitrogen and oxygen atoms in total. The molecular weight excluding hydrogens is 779 g/mol. The molecular formula is C57H97NO5. The Balaban J connectivity index is 4.74. The van der Waals surface area contributed by atoms with E-state index in [0.29, 0.717) is 19.3 Å². The minimum atomic E-state index is -0.809. The molecule has 3 atom stereocenters. The molecule has 3 unspecified atom stereocenters. The van der Waals surface area contributed by atoms with Crippen LogP contribution in [0.15, 0.2) is 97.2 Å². The Morgan fingerprint density at radius 1 is 0.476 bits per heavy atom. The Kier molecular flexibility index (Phi) is 47.2. The number of hydrogen-bond donors (Lipinski definition) is 3. The Labute approximate surface area is 388 Å². The number of carbonyl (C=O) groups is 2. The summed E-state index contributed by atoms with van der Waals surface area (Å²) in [5, 5.41) is 23.7. The number of aliphatic hydroxyl groups excluding tert-OH is 2. The summed E-state index contributed by atoms with van der Waals surface area (Å²) in [7, 11) is 0. The van der Waals surface area contributed by atoms with Gasteiger partial charge < -0.3 is 20.3 Å². The van der Waals surface area contributed by atoms with Gasteiger partial charge in [-0.15, -0.1) is 0 Å². The molecule has 0 rings (SSSR count). The van der Waals surface area contributed by atoms with Gasteiger partial charge in [0.1, 0.15) is 6.10 Å². The molecule has 0 aliphatic rings. The molecule has 360 valence electrons. The monoisotopic (exact) mass is 876 g/mol. The highest BCUT2D eigenvalue weighted by Gasteiger charge is 2.24. The number of esters is 1. The van der Waals surface area contributed by atoms with Gasteiger partial charge in [0.15, 0.2) is 0 Å². The molecule has 6 heteroatoms. The minimum absolute atomic E-state index is 0.0329. The maximum atomic E-state index is 13.2. The minimum Gasteiger partial charge on any atom is -0.462 e. The van der Waals surface area contributed by atoms with Crippen molar-refractivity contribution < 1.29 is 24.5 Å². The van der Waals surface area contributed by atoms with Crippen molar-refractivity contribution in [2.24, 2.45) is 0 Å². The van der Waals surface area contributed by atoms with Crippen LogP contribution < -0.4 is 5.32 Å². The van der Waals surface area contributed by atoms with Gasteiger partial charge >= 0.3 is 5.97 Å². The van der Waals surface area contributed by atoms with Gasteiger partial charge in [-0.25, -0.2) is 0 Å². The number of carbonyl (C=O) groups excluding carboxylic acids is 2. The van der Waals surface area contributed by atoms with E-state index >= 15 is 0 Å². The first kappa shape index (κ1) is 59.8. The third-order valence-corrected chi connectivity index (χ3v) is 11.2. The lowest BCUT2D eigenvalue weighted by atomic mass is 10.0. The Hall–Kier alpha value is -3.22. The van der Waals surface area contributed by atoms with E-state index < -0.39 is 18.2 Å². The van der Waals surface area contributed by atoms with Gasteiger partial charge in [0.2, 0.25) is 5.91 Å². The van der Waals surface area contributed by atoms with E-state index in [-0.39, 0.29) is 24.9 Å². The van der Waals surface area contributed by atoms with Crippen LogP contribution in [0.4, 0.5) is 0 Å². The van der Waals surface area contributed by atoms with Crippen molar-refractivity contribution in [3.63, 3.8) is 0 Å². The van der Waals surface area contributed by atoms with Crippen LogP contribution in [-0.4, -0.2) is 46.9 Å². The second-order valence-corrected chi connectivity index (χ2v) is 17.3. The maximum Gasteiger partial charge on any atom is 0.306 e. The van der Waals surface area contributed by atoms with Gasteiger partial charge in [0.25, 0.3) is 0 Å². The van der Waals surface area contributed by atoms with Gasteiger partial charge in [0.05, 0.1) is 25.2 Å². The van der Waals surface area contributed by atoms with Crippen LogP contribution in [0, 0.1) is 0 Å². The topological polar surface area (TPSA) is 95.9 Å². The average Bonchev–Trinajstić information content (AvgIpc) is 3.28. The van der Waals surface area contributed by atoms with Gasteiger partial charge in [0, 0.05) is 6.42 Å². The molecule has 0 heterocycles. The standard InChI is InChI=1S/C57H97NO5/c1-4-7-10-13-16-19-21-23-25-27-28-29-31-33-35-38-41-44-47-50-57(62)63-53(48-45-42-39-37-34-32-30-26-24-22-20-17-14-11-8-5-2)51-56(61)58-54(52-59)55(60)49-46-43-40-36-18-15-12-9-6-3/h16-17,19-20,22-26,28-30,32-35,53-55,59-60H,4-15,18,21,27,31,36-52H2,1-3H3,(H,58,61)/b19-16-,20-17+,24-22+,25-23-,29-28-,30-26+,34-32+,35-33-. The predicted molar refractivity (Wildman–Crippen MR) is 273 cm³/mol. The predicted octanol–water partition coefficient (Wildman–Crippen LogP) is 15.7. The van der Waals surface area contributed by atoms with Crippen molar-refractivity contribution in [2.45, 2.75) is 244 Å². The summed E-state index contributed by atoms with van der Waals surface area (Å²) in [6, 6.07) is -0.726. The molecule has 0 aromatic rings. The quantitative estimate of drug-likeness (QED) is 0.0245. The molecule has 63 heavy (non-hydrogen) atoms. The molecule has 0 bridgehead atoms. The Morgan fingerprint density at radius 3 is 1.40 bits per heavy atom. The van der Waals surface area contributed by atoms with E-state index in [1.165, 1.54) is 83.5 Å². The van der Waals surface area contributed by atoms with Crippen LogP contribution in [0.3, 0.4) is 0 Å². The summed E-state index contributed by atoms with van der Waals surface area (Å²) in [4.78, 5) is 26.1. The molecule has 3 N–H and O–H groups in total. The van der Waals surface area contributed by atoms with E-state index in [1.54, 1.807) is 0 Å². The fourth-order valence-corrected chi connectivity index (χ4v) is 7.25. The average molecular weight is 876 g/mol. The smallest absolute Gasteiger partial charge is 0.306 e. The zero-order chi connectivity index (χ0) is 45.9. The molecule has 0 aliphatic heterocycles. The number of hydrogen-bond acceptors (Lipinski definition) is 5. The molecule has 0 radical (unpaired) electrons. The van der Waals surface area contributed by atoms with Crippen LogP contribution in [-0.2, 0) is 14.3 Å². The first-order chi connectivity index (χ1) is 31.0. The van der Waals surface area contributed by atoms with E-state index in [4.69, 9.17) is 4.74 Å². The van der Waals surface area contributed by atoms with Crippen molar-refractivity contribution in [3.8, 4) is 0 Å². The lowest BCUT2D eigenvalue weighted by Crippen LogP contribution is -2.46. The number of unbranched alkanes of at least 4 members (excludes halogenated alkanes) is 20. The number of rotatable bonds is 45. The highest BCUT2D eigenvalue weighted by molar-refractivity contribution is 5.77. The fourth-order valence-electron chi connectivity index (χ4n) is 7.25. The molecule has 0 aromatic heterocycles. The van der Waals surface area contributed by atoms with Gasteiger partial charge in [-0.2, -0.15) is 0 Å². The maximum absolute atomic E-state index is 13.2. The number of ether oxygens (including phenoxy) is 1. The van der Waals surface area contributed by atoms with Gasteiger partial charge in [-0.1, -0.05) is 214 Å². The summed E-state index contributed by atoms with van der Waals surface area (Å²) in [6.07, 6.45) is 66.1. The molecule has 0 aliphatic carbocycles. The van der Waals surface area contributed by atoms with Crippen molar-refractivity contribution in [1.29, 1.82) is 0 Å². The van der Waals surface area contributed by atoms with Crippen LogP contribution in [0.5, 0.6) is 0 Å². The Morgan fingerprint density at radius 2 is 0.873 bits per heavy atom. The first-order valence-electron chi connectivity index (χ1n) is 26.0. The lowest BCUT2D eigenvalue weighted by molar-refractivity contribution is -0.151. The first-order valence-corrected chi connectivity index (χ1v) is 26.0. The number of amides is 1. The van der Waals surface area contributed by atoms with Gasteiger partial charge in [-0.3, -0.25) is 9.59 Å². The lowest BCUT2D eigenvalue weighted by Gasteiger charge is -2.24. The highest BCUT2D eigenvalue weighted by atomic mass is 16.5. The third kappa shape index (κ3) is 45.2. The summed E-state index contributed by atoms with van der Waals surface area (Å²) < 4.78 is 5.90. The van der Waals surface area contributed by atoms with Crippen LogP contribution in [0.2, 0.25) is 0 Å². The fraction of sp³-hybridized carbons (Fsp3) is 0.684. The molecule has 0 spiro atoms. The van der Waals surface area contributed by atoms with Crippen LogP contribution in [0.25, 0.3) is 0 Å². The molecule has 0 fully saturated rings. The van der Waals surface area contributed by atoms with Crippen molar-refractivity contribution in [3.05, 3.63) is 97.2 Å². The molecule has 1 amide bonds. The normalized spacial score (nSPS) is 14.0. The van der Waals surface area contributed by atoms with Crippen molar-refractivity contribution in [2.75, 3.05) is 6.61 Å².